The lowest BCUT2D eigenvalue weighted by Gasteiger charge is -2.02. The van der Waals surface area contributed by atoms with Crippen molar-refractivity contribution in [1.82, 2.24) is 0 Å². The number of benzene rings is 1. The summed E-state index contributed by atoms with van der Waals surface area (Å²) in [5, 5.41) is 0. The summed E-state index contributed by atoms with van der Waals surface area (Å²) < 4.78 is 0. The van der Waals surface area contributed by atoms with E-state index in [-0.39, 0.29) is 0 Å². The highest BCUT2D eigenvalue weighted by molar-refractivity contribution is 7.98. The summed E-state index contributed by atoms with van der Waals surface area (Å²) in [5.74, 6) is 1.34. The molecule has 0 saturated heterocycles. The van der Waals surface area contributed by atoms with Gasteiger partial charge in [-0.05, 0) is 36.8 Å². The van der Waals surface area contributed by atoms with Crippen LogP contribution in [-0.2, 0) is 6.42 Å². The monoisotopic (exact) mass is 236 g/mol. The van der Waals surface area contributed by atoms with Crippen molar-refractivity contribution in [3.05, 3.63) is 35.9 Å². The summed E-state index contributed by atoms with van der Waals surface area (Å²) in [6, 6.07) is 10.8. The van der Waals surface area contributed by atoms with Crippen LogP contribution in [0.1, 0.15) is 44.1 Å². The van der Waals surface area contributed by atoms with Crippen molar-refractivity contribution in [2.75, 3.05) is 12.0 Å². The molecule has 0 fully saturated rings. The molecular weight excluding hydrogens is 212 g/mol. The van der Waals surface area contributed by atoms with Gasteiger partial charge in [-0.15, -0.1) is 0 Å². The predicted octanol–water partition coefficient (Wildman–Crippen LogP) is 4.93. The molecule has 0 radical (unpaired) electrons. The van der Waals surface area contributed by atoms with Crippen molar-refractivity contribution in [2.45, 2.75) is 44.9 Å². The first-order valence-corrected chi connectivity index (χ1v) is 7.86. The van der Waals surface area contributed by atoms with Gasteiger partial charge in [-0.2, -0.15) is 11.8 Å². The Labute approximate surface area is 105 Å². The summed E-state index contributed by atoms with van der Waals surface area (Å²) in [4.78, 5) is 0. The highest BCUT2D eigenvalue weighted by Gasteiger charge is 1.93. The summed E-state index contributed by atoms with van der Waals surface area (Å²) >= 11 is 1.97. The first-order valence-electron chi connectivity index (χ1n) is 6.46. The summed E-state index contributed by atoms with van der Waals surface area (Å²) in [5.41, 5.74) is 1.49. The van der Waals surface area contributed by atoms with Gasteiger partial charge in [0.2, 0.25) is 0 Å². The Bertz CT molecular complexity index is 243. The summed E-state index contributed by atoms with van der Waals surface area (Å²) in [6.45, 7) is 0. The van der Waals surface area contributed by atoms with Crippen molar-refractivity contribution in [3.63, 3.8) is 0 Å². The molecule has 0 amide bonds. The van der Waals surface area contributed by atoms with Crippen molar-refractivity contribution in [1.29, 1.82) is 0 Å². The molecule has 0 N–H and O–H groups in total. The average Bonchev–Trinajstić information content (AvgIpc) is 2.34. The van der Waals surface area contributed by atoms with Gasteiger partial charge in [-0.1, -0.05) is 56.0 Å². The Balaban J connectivity index is 1.89. The van der Waals surface area contributed by atoms with Crippen LogP contribution >= 0.6 is 11.8 Å². The second-order valence-electron chi connectivity index (χ2n) is 4.35. The fourth-order valence-electron chi connectivity index (χ4n) is 1.93. The van der Waals surface area contributed by atoms with Gasteiger partial charge in [0.25, 0.3) is 0 Å². The highest BCUT2D eigenvalue weighted by atomic mass is 32.2. The van der Waals surface area contributed by atoms with Crippen LogP contribution < -0.4 is 0 Å². The number of rotatable bonds is 9. The topological polar surface area (TPSA) is 0 Å². The van der Waals surface area contributed by atoms with Crippen LogP contribution in [0, 0.1) is 0 Å². The summed E-state index contributed by atoms with van der Waals surface area (Å²) in [7, 11) is 0. The molecule has 0 aliphatic carbocycles. The van der Waals surface area contributed by atoms with Gasteiger partial charge < -0.3 is 0 Å². The second kappa shape index (κ2) is 9.77. The maximum Gasteiger partial charge on any atom is -0.00703 e. The molecule has 90 valence electrons. The first kappa shape index (κ1) is 13.6. The third-order valence-electron chi connectivity index (χ3n) is 2.91. The van der Waals surface area contributed by atoms with E-state index in [1.165, 1.54) is 56.3 Å². The van der Waals surface area contributed by atoms with Crippen LogP contribution in [-0.4, -0.2) is 12.0 Å². The first-order chi connectivity index (χ1) is 7.93. The molecule has 0 saturated carbocycles. The number of thioether (sulfide) groups is 1. The smallest absolute Gasteiger partial charge is 0.00703 e. The zero-order chi connectivity index (χ0) is 11.5. The minimum absolute atomic E-state index is 1.26. The zero-order valence-electron chi connectivity index (χ0n) is 10.5. The maximum absolute atomic E-state index is 2.23. The molecule has 16 heavy (non-hydrogen) atoms. The fraction of sp³-hybridized carbons (Fsp3) is 0.600. The zero-order valence-corrected chi connectivity index (χ0v) is 11.3. The molecule has 0 bridgehead atoms. The van der Waals surface area contributed by atoms with Gasteiger partial charge in [0.15, 0.2) is 0 Å². The standard InChI is InChI=1S/C15H24S/c1-16-14-10-5-3-2-4-7-11-15-12-8-6-9-13-15/h6,8-9,12-13H,2-5,7,10-11,14H2,1H3. The molecule has 0 aromatic heterocycles. The molecule has 1 heteroatoms. The van der Waals surface area contributed by atoms with Crippen molar-refractivity contribution >= 4 is 11.8 Å². The van der Waals surface area contributed by atoms with Crippen LogP contribution in [0.25, 0.3) is 0 Å². The highest BCUT2D eigenvalue weighted by Crippen LogP contribution is 2.10. The lowest BCUT2D eigenvalue weighted by Crippen LogP contribution is -1.86. The normalized spacial score (nSPS) is 10.6. The molecule has 0 spiro atoms. The van der Waals surface area contributed by atoms with Crippen LogP contribution in [0.2, 0.25) is 0 Å². The molecule has 0 heterocycles. The predicted molar refractivity (Wildman–Crippen MR) is 76.2 cm³/mol. The maximum atomic E-state index is 2.23. The molecule has 1 rings (SSSR count). The Morgan fingerprint density at radius 3 is 2.12 bits per heavy atom. The van der Waals surface area contributed by atoms with Crippen LogP contribution in [0.15, 0.2) is 30.3 Å². The van der Waals surface area contributed by atoms with E-state index < -0.39 is 0 Å². The Morgan fingerprint density at radius 2 is 1.44 bits per heavy atom. The molecule has 1 aromatic carbocycles. The van der Waals surface area contributed by atoms with Crippen molar-refractivity contribution in [3.8, 4) is 0 Å². The number of aryl methyl sites for hydroxylation is 1. The molecular formula is C15H24S. The van der Waals surface area contributed by atoms with E-state index >= 15 is 0 Å². The SMILES string of the molecule is CSCCCCCCCCc1ccccc1. The molecule has 1 aromatic rings. The van der Waals surface area contributed by atoms with E-state index in [9.17, 15) is 0 Å². The van der Waals surface area contributed by atoms with E-state index in [0.717, 1.165) is 0 Å². The lowest BCUT2D eigenvalue weighted by atomic mass is 10.1. The Kier molecular flexibility index (Phi) is 8.33. The van der Waals surface area contributed by atoms with E-state index in [1.807, 2.05) is 11.8 Å². The Hall–Kier alpha value is -0.430. The third kappa shape index (κ3) is 6.95. The van der Waals surface area contributed by atoms with Gasteiger partial charge in [-0.25, -0.2) is 0 Å². The average molecular weight is 236 g/mol. The van der Waals surface area contributed by atoms with Gasteiger partial charge in [0.05, 0.1) is 0 Å². The lowest BCUT2D eigenvalue weighted by molar-refractivity contribution is 0.609. The molecule has 0 unspecified atom stereocenters. The van der Waals surface area contributed by atoms with E-state index in [1.54, 1.807) is 0 Å². The minimum Gasteiger partial charge on any atom is -0.165 e. The van der Waals surface area contributed by atoms with Gasteiger partial charge in [0.1, 0.15) is 0 Å². The summed E-state index contributed by atoms with van der Waals surface area (Å²) in [6.07, 6.45) is 11.9. The van der Waals surface area contributed by atoms with Crippen LogP contribution in [0.5, 0.6) is 0 Å². The van der Waals surface area contributed by atoms with Gasteiger partial charge in [0, 0.05) is 0 Å². The van der Waals surface area contributed by atoms with Crippen LogP contribution in [0.3, 0.4) is 0 Å². The molecule has 0 atom stereocenters. The van der Waals surface area contributed by atoms with E-state index in [4.69, 9.17) is 0 Å². The number of unbranched alkanes of at least 4 members (excludes halogenated alkanes) is 5. The molecule has 0 nitrogen and oxygen atoms in total. The minimum atomic E-state index is 1.26. The Morgan fingerprint density at radius 1 is 0.812 bits per heavy atom. The largest absolute Gasteiger partial charge is 0.165 e. The molecule has 0 aliphatic heterocycles. The second-order valence-corrected chi connectivity index (χ2v) is 5.34. The van der Waals surface area contributed by atoms with Crippen molar-refractivity contribution < 1.29 is 0 Å². The third-order valence-corrected chi connectivity index (χ3v) is 3.60. The van der Waals surface area contributed by atoms with E-state index in [0.29, 0.717) is 0 Å². The number of hydrogen-bond acceptors (Lipinski definition) is 1. The van der Waals surface area contributed by atoms with Crippen LogP contribution in [0.4, 0.5) is 0 Å². The van der Waals surface area contributed by atoms with Gasteiger partial charge >= 0.3 is 0 Å². The van der Waals surface area contributed by atoms with Gasteiger partial charge in [-0.3, -0.25) is 0 Å². The van der Waals surface area contributed by atoms with E-state index in [2.05, 4.69) is 36.6 Å². The number of hydrogen-bond donors (Lipinski definition) is 0. The molecule has 0 aliphatic rings. The van der Waals surface area contributed by atoms with Crippen molar-refractivity contribution in [2.24, 2.45) is 0 Å². The quantitative estimate of drug-likeness (QED) is 0.548. The fourth-order valence-corrected chi connectivity index (χ4v) is 2.42.